The molecule has 0 aliphatic rings. The summed E-state index contributed by atoms with van der Waals surface area (Å²) in [6.07, 6.45) is 0. The first-order valence-electron chi connectivity index (χ1n) is 8.56. The van der Waals surface area contributed by atoms with Crippen LogP contribution >= 0.6 is 11.6 Å². The molecule has 138 valence electrons. The molecule has 3 aromatic rings. The largest absolute Gasteiger partial charge is 0.489 e. The number of carboxylic acids is 1. The fourth-order valence-corrected chi connectivity index (χ4v) is 3.04. The molecule has 0 heterocycles. The Balaban J connectivity index is 1.71. The monoisotopic (exact) mass is 381 g/mol. The van der Waals surface area contributed by atoms with E-state index in [4.69, 9.17) is 16.3 Å². The minimum Gasteiger partial charge on any atom is -0.489 e. The fraction of sp³-hybridized carbons (Fsp3) is 0.136. The van der Waals surface area contributed by atoms with Crippen molar-refractivity contribution >= 4 is 23.3 Å². The number of rotatable bonds is 7. The third-order valence-electron chi connectivity index (χ3n) is 4.29. The standard InChI is InChI=1S/C22H20ClNO3/c1-15-19(22(25)26)9-5-10-20(15)24-13-17-7-2-3-11-21(17)27-14-16-6-4-8-18(23)12-16/h2-12,24H,13-14H2,1H3,(H,25,26). The molecule has 0 amide bonds. The van der Waals surface area contributed by atoms with Crippen molar-refractivity contribution in [3.05, 3.63) is 94.0 Å². The van der Waals surface area contributed by atoms with Gasteiger partial charge in [0.2, 0.25) is 0 Å². The molecule has 5 heteroatoms. The number of anilines is 1. The fourth-order valence-electron chi connectivity index (χ4n) is 2.83. The number of nitrogens with one attached hydrogen (secondary N) is 1. The molecule has 3 rings (SSSR count). The molecule has 3 aromatic carbocycles. The summed E-state index contributed by atoms with van der Waals surface area (Å²) in [4.78, 5) is 11.3. The molecule has 0 aromatic heterocycles. The summed E-state index contributed by atoms with van der Waals surface area (Å²) in [6.45, 7) is 2.74. The van der Waals surface area contributed by atoms with Crippen LogP contribution in [0.4, 0.5) is 5.69 Å². The predicted octanol–water partition coefficient (Wildman–Crippen LogP) is 5.54. The van der Waals surface area contributed by atoms with E-state index in [-0.39, 0.29) is 0 Å². The molecule has 27 heavy (non-hydrogen) atoms. The van der Waals surface area contributed by atoms with Crippen LogP contribution in [0.2, 0.25) is 5.02 Å². The Morgan fingerprint density at radius 3 is 2.63 bits per heavy atom. The van der Waals surface area contributed by atoms with Crippen LogP contribution in [-0.2, 0) is 13.2 Å². The van der Waals surface area contributed by atoms with Crippen LogP contribution < -0.4 is 10.1 Å². The zero-order valence-electron chi connectivity index (χ0n) is 14.9. The van der Waals surface area contributed by atoms with E-state index in [9.17, 15) is 9.90 Å². The summed E-state index contributed by atoms with van der Waals surface area (Å²) in [6, 6.07) is 20.6. The van der Waals surface area contributed by atoms with Crippen molar-refractivity contribution in [2.24, 2.45) is 0 Å². The van der Waals surface area contributed by atoms with Crippen LogP contribution in [0.5, 0.6) is 5.75 Å². The van der Waals surface area contributed by atoms with Crippen molar-refractivity contribution in [2.45, 2.75) is 20.1 Å². The first kappa shape index (κ1) is 18.8. The third kappa shape index (κ3) is 4.80. The van der Waals surface area contributed by atoms with Crippen molar-refractivity contribution in [3.8, 4) is 5.75 Å². The third-order valence-corrected chi connectivity index (χ3v) is 4.52. The van der Waals surface area contributed by atoms with E-state index in [2.05, 4.69) is 5.32 Å². The van der Waals surface area contributed by atoms with E-state index in [1.54, 1.807) is 19.1 Å². The molecular formula is C22H20ClNO3. The van der Waals surface area contributed by atoms with E-state index >= 15 is 0 Å². The topological polar surface area (TPSA) is 58.6 Å². The summed E-state index contributed by atoms with van der Waals surface area (Å²) in [7, 11) is 0. The molecule has 0 aliphatic carbocycles. The van der Waals surface area contributed by atoms with Gasteiger partial charge in [0.05, 0.1) is 5.56 Å². The second-order valence-corrected chi connectivity index (χ2v) is 6.60. The summed E-state index contributed by atoms with van der Waals surface area (Å²) in [5, 5.41) is 13.2. The van der Waals surface area contributed by atoms with Crippen LogP contribution in [-0.4, -0.2) is 11.1 Å². The lowest BCUT2D eigenvalue weighted by Gasteiger charge is -2.15. The maximum absolute atomic E-state index is 11.3. The number of hydrogen-bond acceptors (Lipinski definition) is 3. The van der Waals surface area contributed by atoms with Crippen molar-refractivity contribution in [1.29, 1.82) is 0 Å². The highest BCUT2D eigenvalue weighted by Crippen LogP contribution is 2.24. The van der Waals surface area contributed by atoms with Crippen LogP contribution in [0.15, 0.2) is 66.7 Å². The van der Waals surface area contributed by atoms with Gasteiger partial charge in [-0.3, -0.25) is 0 Å². The number of carboxylic acid groups (broad SMARTS) is 1. The second-order valence-electron chi connectivity index (χ2n) is 6.16. The molecule has 0 spiro atoms. The van der Waals surface area contributed by atoms with Gasteiger partial charge in [-0.15, -0.1) is 0 Å². The van der Waals surface area contributed by atoms with Crippen LogP contribution in [0, 0.1) is 6.92 Å². The molecule has 0 unspecified atom stereocenters. The number of halogens is 1. The van der Waals surface area contributed by atoms with Crippen molar-refractivity contribution in [2.75, 3.05) is 5.32 Å². The van der Waals surface area contributed by atoms with Gasteiger partial charge < -0.3 is 15.2 Å². The molecule has 0 bridgehead atoms. The number of carbonyl (C=O) groups is 1. The summed E-state index contributed by atoms with van der Waals surface area (Å²) >= 11 is 6.02. The lowest BCUT2D eigenvalue weighted by atomic mass is 10.1. The number of ether oxygens (including phenoxy) is 1. The second kappa shape index (κ2) is 8.60. The predicted molar refractivity (Wildman–Crippen MR) is 108 cm³/mol. The lowest BCUT2D eigenvalue weighted by molar-refractivity contribution is 0.0696. The minimum absolute atomic E-state index is 0.297. The Labute approximate surface area is 163 Å². The van der Waals surface area contributed by atoms with E-state index in [0.29, 0.717) is 29.3 Å². The van der Waals surface area contributed by atoms with Gasteiger partial charge in [-0.1, -0.05) is 48.0 Å². The summed E-state index contributed by atoms with van der Waals surface area (Å²) < 4.78 is 5.97. The van der Waals surface area contributed by atoms with Gasteiger partial charge in [0, 0.05) is 22.8 Å². The van der Waals surface area contributed by atoms with E-state index in [1.807, 2.05) is 54.6 Å². The van der Waals surface area contributed by atoms with Gasteiger partial charge in [0.1, 0.15) is 12.4 Å². The van der Waals surface area contributed by atoms with E-state index < -0.39 is 5.97 Å². The summed E-state index contributed by atoms with van der Waals surface area (Å²) in [5.41, 5.74) is 3.78. The highest BCUT2D eigenvalue weighted by atomic mass is 35.5. The van der Waals surface area contributed by atoms with Gasteiger partial charge in [-0.2, -0.15) is 0 Å². The average molecular weight is 382 g/mol. The van der Waals surface area contributed by atoms with Gasteiger partial charge in [0.25, 0.3) is 0 Å². The zero-order valence-corrected chi connectivity index (χ0v) is 15.7. The number of benzene rings is 3. The molecule has 0 radical (unpaired) electrons. The van der Waals surface area contributed by atoms with Crippen molar-refractivity contribution < 1.29 is 14.6 Å². The average Bonchev–Trinajstić information content (AvgIpc) is 2.66. The van der Waals surface area contributed by atoms with Crippen LogP contribution in [0.1, 0.15) is 27.0 Å². The Bertz CT molecular complexity index is 956. The maximum atomic E-state index is 11.3. The van der Waals surface area contributed by atoms with Crippen molar-refractivity contribution in [1.82, 2.24) is 0 Å². The Morgan fingerprint density at radius 1 is 1.07 bits per heavy atom. The zero-order chi connectivity index (χ0) is 19.2. The van der Waals surface area contributed by atoms with Crippen LogP contribution in [0.3, 0.4) is 0 Å². The molecule has 0 saturated carbocycles. The quantitative estimate of drug-likeness (QED) is 0.564. The molecule has 0 saturated heterocycles. The number of aromatic carboxylic acids is 1. The molecule has 2 N–H and O–H groups in total. The van der Waals surface area contributed by atoms with Crippen LogP contribution in [0.25, 0.3) is 0 Å². The molecule has 0 aliphatic heterocycles. The highest BCUT2D eigenvalue weighted by Gasteiger charge is 2.10. The Hall–Kier alpha value is -2.98. The Kier molecular flexibility index (Phi) is 5.99. The SMILES string of the molecule is Cc1c(NCc2ccccc2OCc2cccc(Cl)c2)cccc1C(=O)O. The number of hydrogen-bond donors (Lipinski definition) is 2. The van der Waals surface area contributed by atoms with Gasteiger partial charge in [-0.05, 0) is 48.4 Å². The van der Waals surface area contributed by atoms with Gasteiger partial charge in [0.15, 0.2) is 0 Å². The normalized spacial score (nSPS) is 10.4. The van der Waals surface area contributed by atoms with E-state index in [0.717, 1.165) is 22.6 Å². The molecule has 4 nitrogen and oxygen atoms in total. The Morgan fingerprint density at radius 2 is 1.85 bits per heavy atom. The number of para-hydroxylation sites is 1. The lowest BCUT2D eigenvalue weighted by Crippen LogP contribution is -2.07. The first-order valence-corrected chi connectivity index (χ1v) is 8.94. The maximum Gasteiger partial charge on any atom is 0.336 e. The van der Waals surface area contributed by atoms with E-state index in [1.165, 1.54) is 0 Å². The van der Waals surface area contributed by atoms with Gasteiger partial charge in [-0.25, -0.2) is 4.79 Å². The molecule has 0 atom stereocenters. The first-order chi connectivity index (χ1) is 13.0. The summed E-state index contributed by atoms with van der Waals surface area (Å²) in [5.74, 6) is -0.154. The smallest absolute Gasteiger partial charge is 0.336 e. The van der Waals surface area contributed by atoms with Gasteiger partial charge >= 0.3 is 5.97 Å². The highest BCUT2D eigenvalue weighted by molar-refractivity contribution is 6.30. The van der Waals surface area contributed by atoms with Crippen molar-refractivity contribution in [3.63, 3.8) is 0 Å². The minimum atomic E-state index is -0.929. The molecular weight excluding hydrogens is 362 g/mol. The molecule has 0 fully saturated rings.